The molecular weight excluding hydrogens is 328 g/mol. The quantitative estimate of drug-likeness (QED) is 0.847. The highest BCUT2D eigenvalue weighted by Gasteiger charge is 2.40. The summed E-state index contributed by atoms with van der Waals surface area (Å²) in [6.45, 7) is -0.218. The van der Waals surface area contributed by atoms with Crippen molar-refractivity contribution in [3.63, 3.8) is 0 Å². The second-order valence-corrected chi connectivity index (χ2v) is 6.72. The van der Waals surface area contributed by atoms with E-state index in [9.17, 15) is 30.8 Å². The number of carbonyl (C=O) groups excluding carboxylic acids is 1. The van der Waals surface area contributed by atoms with Gasteiger partial charge in [0.25, 0.3) is 0 Å². The van der Waals surface area contributed by atoms with Crippen LogP contribution in [-0.4, -0.2) is 26.6 Å². The Labute approximate surface area is 123 Å². The maximum atomic E-state index is 13.1. The molecule has 22 heavy (non-hydrogen) atoms. The minimum Gasteiger partial charge on any atom is -0.311 e. The van der Waals surface area contributed by atoms with Crippen molar-refractivity contribution in [2.24, 2.45) is 11.1 Å². The Kier molecular flexibility index (Phi) is 4.18. The highest BCUT2D eigenvalue weighted by molar-refractivity contribution is 7.89. The Morgan fingerprint density at radius 3 is 2.50 bits per heavy atom. The van der Waals surface area contributed by atoms with E-state index in [1.54, 1.807) is 0 Å². The molecule has 1 heterocycles. The first-order chi connectivity index (χ1) is 9.97. The van der Waals surface area contributed by atoms with E-state index in [4.69, 9.17) is 5.14 Å². The van der Waals surface area contributed by atoms with Gasteiger partial charge in [0.15, 0.2) is 0 Å². The summed E-state index contributed by atoms with van der Waals surface area (Å²) in [5.41, 5.74) is -1.77. The fourth-order valence-electron chi connectivity index (χ4n) is 2.43. The van der Waals surface area contributed by atoms with Gasteiger partial charge in [-0.3, -0.25) is 4.79 Å². The minimum atomic E-state index is -4.84. The van der Waals surface area contributed by atoms with Crippen LogP contribution in [0.1, 0.15) is 12.0 Å². The molecule has 2 N–H and O–H groups in total. The lowest BCUT2D eigenvalue weighted by molar-refractivity contribution is -0.137. The third-order valence-corrected chi connectivity index (χ3v) is 4.16. The maximum absolute atomic E-state index is 13.1. The van der Waals surface area contributed by atoms with E-state index in [1.165, 1.54) is 0 Å². The van der Waals surface area contributed by atoms with Gasteiger partial charge in [-0.15, -0.1) is 0 Å². The monoisotopic (exact) mass is 340 g/mol. The number of amides is 1. The molecule has 0 aromatic heterocycles. The van der Waals surface area contributed by atoms with Crippen LogP contribution in [0.25, 0.3) is 0 Å². The number of primary sulfonamides is 1. The molecule has 0 bridgehead atoms. The summed E-state index contributed by atoms with van der Waals surface area (Å²) in [4.78, 5) is 12.7. The first kappa shape index (κ1) is 16.7. The van der Waals surface area contributed by atoms with E-state index in [0.29, 0.717) is 6.07 Å². The number of anilines is 1. The van der Waals surface area contributed by atoms with Gasteiger partial charge in [-0.2, -0.15) is 13.2 Å². The molecule has 0 spiro atoms. The van der Waals surface area contributed by atoms with Gasteiger partial charge in [-0.1, -0.05) is 0 Å². The van der Waals surface area contributed by atoms with E-state index in [0.717, 1.165) is 17.0 Å². The number of nitrogens with zero attached hydrogens (tertiary/aromatic N) is 1. The van der Waals surface area contributed by atoms with Crippen molar-refractivity contribution in [3.05, 3.63) is 29.6 Å². The molecular formula is C12H12F4N2O3S. The molecule has 1 aromatic rings. The summed E-state index contributed by atoms with van der Waals surface area (Å²) in [7, 11) is -3.84. The number of hydrogen-bond donors (Lipinski definition) is 1. The molecule has 1 unspecified atom stereocenters. The summed E-state index contributed by atoms with van der Waals surface area (Å²) >= 11 is 0. The summed E-state index contributed by atoms with van der Waals surface area (Å²) in [6, 6.07) is 1.97. The summed E-state index contributed by atoms with van der Waals surface area (Å²) < 4.78 is 74.0. The number of hydrogen-bond acceptors (Lipinski definition) is 3. The summed E-state index contributed by atoms with van der Waals surface area (Å²) in [6.07, 6.45) is -5.07. The van der Waals surface area contributed by atoms with Crippen LogP contribution in [0.2, 0.25) is 0 Å². The summed E-state index contributed by atoms with van der Waals surface area (Å²) in [5, 5.41) is 4.88. The van der Waals surface area contributed by atoms with Gasteiger partial charge >= 0.3 is 6.18 Å². The van der Waals surface area contributed by atoms with Crippen LogP contribution in [0, 0.1) is 11.7 Å². The molecule has 0 radical (unpaired) electrons. The molecule has 2 rings (SSSR count). The van der Waals surface area contributed by atoms with E-state index in [2.05, 4.69) is 0 Å². The highest BCUT2D eigenvalue weighted by Crippen LogP contribution is 2.39. The lowest BCUT2D eigenvalue weighted by atomic mass is 10.1. The standard InChI is InChI=1S/C12H12F4N2O3S/c13-8-1-2-10(9(4-8)12(14,15)16)18-5-7(3-11(18)19)6-22(17,20)21/h1-2,4,7H,3,5-6H2,(H2,17,20,21). The number of carbonyl (C=O) groups is 1. The van der Waals surface area contributed by atoms with Crippen LogP contribution >= 0.6 is 0 Å². The van der Waals surface area contributed by atoms with Gasteiger partial charge in [0.05, 0.1) is 17.0 Å². The molecule has 1 aromatic carbocycles. The van der Waals surface area contributed by atoms with E-state index in [-0.39, 0.29) is 13.0 Å². The zero-order chi connectivity index (χ0) is 16.7. The summed E-state index contributed by atoms with van der Waals surface area (Å²) in [5.74, 6) is -2.94. The van der Waals surface area contributed by atoms with Crippen molar-refractivity contribution >= 4 is 21.6 Å². The molecule has 1 atom stereocenters. The second-order valence-electron chi connectivity index (χ2n) is 5.06. The predicted molar refractivity (Wildman–Crippen MR) is 69.8 cm³/mol. The van der Waals surface area contributed by atoms with E-state index in [1.807, 2.05) is 0 Å². The third-order valence-electron chi connectivity index (χ3n) is 3.23. The van der Waals surface area contributed by atoms with Gasteiger partial charge in [0, 0.05) is 18.9 Å². The molecule has 10 heteroatoms. The van der Waals surface area contributed by atoms with Gasteiger partial charge in [0.2, 0.25) is 15.9 Å². The SMILES string of the molecule is NS(=O)(=O)CC1CC(=O)N(c2ccc(F)cc2C(F)(F)F)C1. The normalized spacial score (nSPS) is 19.8. The lowest BCUT2D eigenvalue weighted by Gasteiger charge is -2.21. The van der Waals surface area contributed by atoms with Crippen molar-refractivity contribution < 1.29 is 30.8 Å². The van der Waals surface area contributed by atoms with Crippen molar-refractivity contribution in [2.75, 3.05) is 17.2 Å². The number of nitrogens with two attached hydrogens (primary N) is 1. The minimum absolute atomic E-state index is 0.218. The number of halogens is 4. The molecule has 1 saturated heterocycles. The molecule has 122 valence electrons. The van der Waals surface area contributed by atoms with E-state index >= 15 is 0 Å². The van der Waals surface area contributed by atoms with Crippen molar-refractivity contribution in [1.29, 1.82) is 0 Å². The Hall–Kier alpha value is -1.68. The molecule has 0 saturated carbocycles. The smallest absolute Gasteiger partial charge is 0.311 e. The average molecular weight is 340 g/mol. The first-order valence-corrected chi connectivity index (χ1v) is 7.86. The largest absolute Gasteiger partial charge is 0.418 e. The second kappa shape index (κ2) is 5.51. The number of rotatable bonds is 3. The van der Waals surface area contributed by atoms with Gasteiger partial charge in [-0.25, -0.2) is 17.9 Å². The van der Waals surface area contributed by atoms with Crippen LogP contribution in [0.5, 0.6) is 0 Å². The highest BCUT2D eigenvalue weighted by atomic mass is 32.2. The van der Waals surface area contributed by atoms with Crippen molar-refractivity contribution in [3.8, 4) is 0 Å². The van der Waals surface area contributed by atoms with Crippen molar-refractivity contribution in [2.45, 2.75) is 12.6 Å². The number of alkyl halides is 3. The topological polar surface area (TPSA) is 80.5 Å². The molecule has 0 aliphatic carbocycles. The van der Waals surface area contributed by atoms with Gasteiger partial charge in [0.1, 0.15) is 5.82 Å². The zero-order valence-corrected chi connectivity index (χ0v) is 11.9. The fraction of sp³-hybridized carbons (Fsp3) is 0.417. The van der Waals surface area contributed by atoms with Crippen LogP contribution < -0.4 is 10.0 Å². The first-order valence-electron chi connectivity index (χ1n) is 6.15. The lowest BCUT2D eigenvalue weighted by Crippen LogP contribution is -2.29. The van der Waals surface area contributed by atoms with Gasteiger partial charge in [-0.05, 0) is 18.2 Å². The molecule has 1 aliphatic rings. The molecule has 1 aliphatic heterocycles. The van der Waals surface area contributed by atoms with Crippen LogP contribution in [0.15, 0.2) is 18.2 Å². The Balaban J connectivity index is 2.35. The van der Waals surface area contributed by atoms with Crippen LogP contribution in [0.4, 0.5) is 23.2 Å². The molecule has 1 amide bonds. The van der Waals surface area contributed by atoms with Gasteiger partial charge < -0.3 is 4.90 Å². The zero-order valence-electron chi connectivity index (χ0n) is 11.1. The van der Waals surface area contributed by atoms with E-state index < -0.39 is 50.8 Å². The fourth-order valence-corrected chi connectivity index (χ4v) is 3.31. The number of sulfonamides is 1. The Morgan fingerprint density at radius 2 is 1.95 bits per heavy atom. The Morgan fingerprint density at radius 1 is 1.32 bits per heavy atom. The maximum Gasteiger partial charge on any atom is 0.418 e. The molecule has 5 nitrogen and oxygen atoms in total. The Bertz CT molecular complexity index is 703. The number of benzene rings is 1. The average Bonchev–Trinajstić information content (AvgIpc) is 2.66. The van der Waals surface area contributed by atoms with Crippen LogP contribution in [0.3, 0.4) is 0 Å². The third kappa shape index (κ3) is 3.74. The van der Waals surface area contributed by atoms with Crippen LogP contribution in [-0.2, 0) is 21.0 Å². The molecule has 1 fully saturated rings. The predicted octanol–water partition coefficient (Wildman–Crippen LogP) is 1.49. The van der Waals surface area contributed by atoms with Crippen molar-refractivity contribution in [1.82, 2.24) is 0 Å².